The maximum atomic E-state index is 5.67. The topological polar surface area (TPSA) is 60.2 Å². The highest BCUT2D eigenvalue weighted by atomic mass is 16.5. The molecule has 1 aromatic heterocycles. The average molecular weight is 271 g/mol. The Morgan fingerprint density at radius 3 is 2.65 bits per heavy atom. The summed E-state index contributed by atoms with van der Waals surface area (Å²) in [7, 11) is 0. The normalized spacial score (nSPS) is 12.1. The Kier molecular flexibility index (Phi) is 5.53. The third-order valence-electron chi connectivity index (χ3n) is 3.12. The van der Waals surface area contributed by atoms with Gasteiger partial charge in [0, 0.05) is 12.4 Å². The molecule has 1 heterocycles. The van der Waals surface area contributed by atoms with E-state index in [1.807, 2.05) is 36.5 Å². The first-order chi connectivity index (χ1) is 9.83. The monoisotopic (exact) mass is 271 g/mol. The molecule has 1 atom stereocenters. The Morgan fingerprint density at radius 2 is 2.05 bits per heavy atom. The van der Waals surface area contributed by atoms with E-state index in [9.17, 15) is 0 Å². The van der Waals surface area contributed by atoms with Crippen LogP contribution in [0.5, 0.6) is 5.75 Å². The van der Waals surface area contributed by atoms with E-state index in [2.05, 4.69) is 23.4 Å². The Labute approximate surface area is 120 Å². The lowest BCUT2D eigenvalue weighted by Gasteiger charge is -2.16. The van der Waals surface area contributed by atoms with Crippen LogP contribution >= 0.6 is 0 Å². The molecule has 1 unspecified atom stereocenters. The first-order valence-corrected chi connectivity index (χ1v) is 6.91. The summed E-state index contributed by atoms with van der Waals surface area (Å²) >= 11 is 0. The summed E-state index contributed by atoms with van der Waals surface area (Å²) in [5, 5.41) is 0. The Balaban J connectivity index is 2.04. The van der Waals surface area contributed by atoms with Gasteiger partial charge in [0.1, 0.15) is 5.75 Å². The fourth-order valence-electron chi connectivity index (χ4n) is 2.04. The fraction of sp³-hybridized carbons (Fsp3) is 0.312. The van der Waals surface area contributed by atoms with E-state index in [0.29, 0.717) is 0 Å². The van der Waals surface area contributed by atoms with E-state index in [4.69, 9.17) is 10.6 Å². The highest BCUT2D eigenvalue weighted by Gasteiger charge is 2.10. The minimum absolute atomic E-state index is 0.0689. The van der Waals surface area contributed by atoms with Gasteiger partial charge in [-0.1, -0.05) is 25.1 Å². The van der Waals surface area contributed by atoms with E-state index in [1.165, 1.54) is 0 Å². The van der Waals surface area contributed by atoms with Crippen LogP contribution in [0, 0.1) is 0 Å². The summed E-state index contributed by atoms with van der Waals surface area (Å²) in [5.74, 6) is 6.57. The summed E-state index contributed by atoms with van der Waals surface area (Å²) in [5.41, 5.74) is 5.15. The van der Waals surface area contributed by atoms with Crippen molar-refractivity contribution in [2.75, 3.05) is 6.61 Å². The smallest absolute Gasteiger partial charge is 0.119 e. The molecule has 0 aliphatic carbocycles. The predicted octanol–water partition coefficient (Wildman–Crippen LogP) is 2.62. The second-order valence-corrected chi connectivity index (χ2v) is 4.70. The van der Waals surface area contributed by atoms with Crippen LogP contribution in [0.15, 0.2) is 48.8 Å². The molecule has 2 rings (SSSR count). The summed E-state index contributed by atoms with van der Waals surface area (Å²) in [6.45, 7) is 2.84. The van der Waals surface area contributed by atoms with Crippen molar-refractivity contribution >= 4 is 0 Å². The van der Waals surface area contributed by atoms with Crippen molar-refractivity contribution in [3.8, 4) is 5.75 Å². The molecule has 0 saturated carbocycles. The molecular formula is C16H21N3O. The SMILES string of the molecule is CCCOc1ccc(C(Cc2cccnc2)NN)cc1. The summed E-state index contributed by atoms with van der Waals surface area (Å²) in [6, 6.07) is 12.1. The standard InChI is InChI=1S/C16H21N3O/c1-2-10-20-15-7-5-14(6-8-15)16(19-17)11-13-4-3-9-18-12-13/h3-9,12,16,19H,2,10-11,17H2,1H3. The Bertz CT molecular complexity index is 499. The number of ether oxygens (including phenoxy) is 1. The first-order valence-electron chi connectivity index (χ1n) is 6.91. The van der Waals surface area contributed by atoms with Crippen LogP contribution in [0.4, 0.5) is 0 Å². The number of rotatable bonds is 7. The molecule has 0 bridgehead atoms. The van der Waals surface area contributed by atoms with Gasteiger partial charge in [-0.05, 0) is 42.2 Å². The molecule has 106 valence electrons. The van der Waals surface area contributed by atoms with Crippen LogP contribution in [0.3, 0.4) is 0 Å². The van der Waals surface area contributed by atoms with E-state index in [-0.39, 0.29) is 6.04 Å². The number of benzene rings is 1. The van der Waals surface area contributed by atoms with Crippen molar-refractivity contribution < 1.29 is 4.74 Å². The summed E-state index contributed by atoms with van der Waals surface area (Å²) < 4.78 is 5.58. The molecule has 0 radical (unpaired) electrons. The van der Waals surface area contributed by atoms with Crippen LogP contribution < -0.4 is 16.0 Å². The molecule has 0 aliphatic rings. The molecule has 0 saturated heterocycles. The van der Waals surface area contributed by atoms with E-state index in [0.717, 1.165) is 36.3 Å². The number of nitrogens with zero attached hydrogens (tertiary/aromatic N) is 1. The molecule has 3 N–H and O–H groups in total. The van der Waals surface area contributed by atoms with Gasteiger partial charge in [-0.2, -0.15) is 0 Å². The zero-order valence-electron chi connectivity index (χ0n) is 11.8. The van der Waals surface area contributed by atoms with Gasteiger partial charge in [0.25, 0.3) is 0 Å². The molecule has 1 aromatic carbocycles. The van der Waals surface area contributed by atoms with Crippen LogP contribution in [0.2, 0.25) is 0 Å². The zero-order valence-corrected chi connectivity index (χ0v) is 11.8. The third-order valence-corrected chi connectivity index (χ3v) is 3.12. The maximum Gasteiger partial charge on any atom is 0.119 e. The van der Waals surface area contributed by atoms with Gasteiger partial charge >= 0.3 is 0 Å². The second kappa shape index (κ2) is 7.62. The van der Waals surface area contributed by atoms with Crippen molar-refractivity contribution in [3.63, 3.8) is 0 Å². The first kappa shape index (κ1) is 14.5. The number of hydrogen-bond donors (Lipinski definition) is 2. The van der Waals surface area contributed by atoms with Crippen molar-refractivity contribution in [3.05, 3.63) is 59.9 Å². The molecule has 20 heavy (non-hydrogen) atoms. The minimum Gasteiger partial charge on any atom is -0.494 e. The molecule has 2 aromatic rings. The van der Waals surface area contributed by atoms with Gasteiger partial charge in [0.2, 0.25) is 0 Å². The molecule has 4 heteroatoms. The van der Waals surface area contributed by atoms with Crippen molar-refractivity contribution in [2.45, 2.75) is 25.8 Å². The Hall–Kier alpha value is -1.91. The quantitative estimate of drug-likeness (QED) is 0.600. The fourth-order valence-corrected chi connectivity index (χ4v) is 2.04. The average Bonchev–Trinajstić information content (AvgIpc) is 2.52. The van der Waals surface area contributed by atoms with Crippen LogP contribution in [-0.4, -0.2) is 11.6 Å². The lowest BCUT2D eigenvalue weighted by Crippen LogP contribution is -2.29. The van der Waals surface area contributed by atoms with Crippen LogP contribution in [0.25, 0.3) is 0 Å². The van der Waals surface area contributed by atoms with Crippen molar-refractivity contribution in [1.29, 1.82) is 0 Å². The van der Waals surface area contributed by atoms with Crippen LogP contribution in [0.1, 0.15) is 30.5 Å². The highest BCUT2D eigenvalue weighted by molar-refractivity contribution is 5.30. The number of nitrogens with one attached hydrogen (secondary N) is 1. The molecule has 0 amide bonds. The number of hydrogen-bond acceptors (Lipinski definition) is 4. The van der Waals surface area contributed by atoms with E-state index in [1.54, 1.807) is 6.20 Å². The third kappa shape index (κ3) is 4.05. The number of hydrazine groups is 1. The molecular weight excluding hydrogens is 250 g/mol. The predicted molar refractivity (Wildman–Crippen MR) is 80.2 cm³/mol. The molecule has 4 nitrogen and oxygen atoms in total. The number of pyridine rings is 1. The summed E-state index contributed by atoms with van der Waals surface area (Å²) in [6.07, 6.45) is 5.45. The second-order valence-electron chi connectivity index (χ2n) is 4.70. The minimum atomic E-state index is 0.0689. The highest BCUT2D eigenvalue weighted by Crippen LogP contribution is 2.20. The van der Waals surface area contributed by atoms with Gasteiger partial charge in [-0.15, -0.1) is 0 Å². The number of aromatic nitrogens is 1. The molecule has 0 fully saturated rings. The van der Waals surface area contributed by atoms with Crippen molar-refractivity contribution in [1.82, 2.24) is 10.4 Å². The van der Waals surface area contributed by atoms with E-state index < -0.39 is 0 Å². The Morgan fingerprint density at radius 1 is 1.25 bits per heavy atom. The van der Waals surface area contributed by atoms with E-state index >= 15 is 0 Å². The van der Waals surface area contributed by atoms with Gasteiger partial charge in [0.05, 0.1) is 12.6 Å². The van der Waals surface area contributed by atoms with Gasteiger partial charge in [0.15, 0.2) is 0 Å². The van der Waals surface area contributed by atoms with Gasteiger partial charge in [-0.3, -0.25) is 16.3 Å². The van der Waals surface area contributed by atoms with Crippen LogP contribution in [-0.2, 0) is 6.42 Å². The van der Waals surface area contributed by atoms with Gasteiger partial charge < -0.3 is 4.74 Å². The molecule has 0 aliphatic heterocycles. The lowest BCUT2D eigenvalue weighted by molar-refractivity contribution is 0.317. The largest absolute Gasteiger partial charge is 0.494 e. The number of nitrogens with two attached hydrogens (primary N) is 1. The van der Waals surface area contributed by atoms with Crippen molar-refractivity contribution in [2.24, 2.45) is 5.84 Å². The zero-order chi connectivity index (χ0) is 14.2. The maximum absolute atomic E-state index is 5.67. The molecule has 0 spiro atoms. The summed E-state index contributed by atoms with van der Waals surface area (Å²) in [4.78, 5) is 4.12. The lowest BCUT2D eigenvalue weighted by atomic mass is 10.0. The van der Waals surface area contributed by atoms with Gasteiger partial charge in [-0.25, -0.2) is 0 Å².